The maximum Gasteiger partial charge on any atom is 0.340 e. The number of carbonyl (C=O) groups excluding carboxylic acids is 1. The van der Waals surface area contributed by atoms with Crippen molar-refractivity contribution < 1.29 is 52.2 Å². The molecule has 46 heavy (non-hydrogen) atoms. The highest BCUT2D eigenvalue weighted by atomic mass is 16.5. The molecule has 11 nitrogen and oxygen atoms in total. The van der Waals surface area contributed by atoms with E-state index in [4.69, 9.17) is 47.4 Å². The Labute approximate surface area is 269 Å². The van der Waals surface area contributed by atoms with Gasteiger partial charge in [0.1, 0.15) is 0 Å². The van der Waals surface area contributed by atoms with Crippen LogP contribution in [-0.4, -0.2) is 76.6 Å². The van der Waals surface area contributed by atoms with Crippen LogP contribution >= 0.6 is 0 Å². The normalized spacial score (nSPS) is 9.87. The van der Waals surface area contributed by atoms with Crippen LogP contribution in [0.1, 0.15) is 46.0 Å². The molecule has 3 rings (SSSR count). The summed E-state index contributed by atoms with van der Waals surface area (Å²) >= 11 is 0. The summed E-state index contributed by atoms with van der Waals surface area (Å²) in [7, 11) is 13.4. The van der Waals surface area contributed by atoms with E-state index in [1.54, 1.807) is 24.3 Å². The molecule has 0 atom stereocenters. The van der Waals surface area contributed by atoms with Crippen molar-refractivity contribution >= 4 is 5.97 Å². The van der Waals surface area contributed by atoms with Crippen molar-refractivity contribution in [3.63, 3.8) is 0 Å². The van der Waals surface area contributed by atoms with Gasteiger partial charge in [-0.05, 0) is 30.7 Å². The van der Waals surface area contributed by atoms with Crippen molar-refractivity contribution in [2.24, 2.45) is 0 Å². The third-order valence-corrected chi connectivity index (χ3v) is 6.61. The second-order valence-electron chi connectivity index (χ2n) is 9.19. The highest BCUT2D eigenvalue weighted by molar-refractivity contribution is 5.99. The molecule has 0 saturated carbocycles. The Morgan fingerprint density at radius 2 is 0.848 bits per heavy atom. The van der Waals surface area contributed by atoms with E-state index in [0.29, 0.717) is 52.0 Å². The van der Waals surface area contributed by atoms with Gasteiger partial charge in [0.25, 0.3) is 0 Å². The molecule has 0 unspecified atom stereocenters. The van der Waals surface area contributed by atoms with Gasteiger partial charge in [-0.3, -0.25) is 0 Å². The second-order valence-corrected chi connectivity index (χ2v) is 9.19. The zero-order chi connectivity index (χ0) is 33.8. The first kappa shape index (κ1) is 34.9. The van der Waals surface area contributed by atoms with Crippen molar-refractivity contribution in [2.45, 2.75) is 13.3 Å². The van der Waals surface area contributed by atoms with Gasteiger partial charge in [-0.15, -0.1) is 0 Å². The Balaban J connectivity index is 2.43. The summed E-state index contributed by atoms with van der Waals surface area (Å²) in [4.78, 5) is 13.7. The molecule has 0 aliphatic carbocycles. The van der Waals surface area contributed by atoms with Crippen LogP contribution in [-0.2, 0) is 4.74 Å². The molecule has 0 bridgehead atoms. The average Bonchev–Trinajstić information content (AvgIpc) is 3.09. The van der Waals surface area contributed by atoms with Crippen LogP contribution in [0.15, 0.2) is 24.3 Å². The summed E-state index contributed by atoms with van der Waals surface area (Å²) in [5.41, 5.74) is 1.38. The zero-order valence-corrected chi connectivity index (χ0v) is 27.7. The maximum atomic E-state index is 13.7. The number of carbonyl (C=O) groups is 1. The van der Waals surface area contributed by atoms with Crippen LogP contribution in [0.5, 0.6) is 51.7 Å². The summed E-state index contributed by atoms with van der Waals surface area (Å²) in [6, 6.07) is 6.73. The Morgan fingerprint density at radius 1 is 0.500 bits per heavy atom. The van der Waals surface area contributed by atoms with Gasteiger partial charge in [0.05, 0.1) is 87.3 Å². The van der Waals surface area contributed by atoms with E-state index in [1.165, 1.54) is 64.0 Å². The third-order valence-electron chi connectivity index (χ3n) is 6.61. The number of hydrogen-bond donors (Lipinski definition) is 0. The molecule has 0 fully saturated rings. The topological polar surface area (TPSA) is 109 Å². The van der Waals surface area contributed by atoms with Crippen LogP contribution < -0.4 is 42.6 Å². The lowest BCUT2D eigenvalue weighted by Crippen LogP contribution is -2.13. The number of methoxy groups -OCH3 is 9. The van der Waals surface area contributed by atoms with Gasteiger partial charge in [0.2, 0.25) is 17.2 Å². The number of benzene rings is 3. The fraction of sp³-hybridized carbons (Fsp3) is 0.343. The van der Waals surface area contributed by atoms with E-state index in [1.807, 2.05) is 6.92 Å². The Morgan fingerprint density at radius 3 is 1.13 bits per heavy atom. The van der Waals surface area contributed by atoms with Crippen LogP contribution in [0.2, 0.25) is 0 Å². The quantitative estimate of drug-likeness (QED) is 0.195. The molecular formula is C35H38O11. The zero-order valence-electron chi connectivity index (χ0n) is 27.7. The molecule has 3 aromatic rings. The standard InChI is InChI=1S/C35H38O11/c1-11-16-46-35(36)29-23(14-12-21-17-25(37-2)32(43-8)26(18-21)38-3)30(41-6)34(45-10)31(42-7)24(29)15-13-22-19-27(39-4)33(44-9)28(20-22)40-5/h17-20H,11,16H2,1-10H3. The Bertz CT molecular complexity index is 1530. The molecule has 0 amide bonds. The SMILES string of the molecule is CCCOC(=O)c1c(C#Cc2cc(OC)c(OC)c(OC)c2)c(OC)c(OC)c(OC)c1C#Cc1cc(OC)c(OC)c(OC)c1. The molecule has 0 aromatic heterocycles. The predicted octanol–water partition coefficient (Wildman–Crippen LogP) is 5.13. The molecule has 0 aliphatic rings. The van der Waals surface area contributed by atoms with E-state index in [-0.39, 0.29) is 40.5 Å². The van der Waals surface area contributed by atoms with Crippen LogP contribution in [0.3, 0.4) is 0 Å². The molecule has 0 aliphatic heterocycles. The minimum absolute atomic E-state index is 0.0304. The van der Waals surface area contributed by atoms with E-state index in [0.717, 1.165) is 0 Å². The summed E-state index contributed by atoms with van der Waals surface area (Å²) < 4.78 is 55.6. The van der Waals surface area contributed by atoms with Gasteiger partial charge in [-0.1, -0.05) is 30.6 Å². The first-order valence-electron chi connectivity index (χ1n) is 14.0. The van der Waals surface area contributed by atoms with E-state index >= 15 is 0 Å². The first-order chi connectivity index (χ1) is 22.3. The lowest BCUT2D eigenvalue weighted by atomic mass is 9.97. The maximum absolute atomic E-state index is 13.7. The van der Waals surface area contributed by atoms with Crippen molar-refractivity contribution in [1.82, 2.24) is 0 Å². The van der Waals surface area contributed by atoms with Crippen LogP contribution in [0, 0.1) is 23.7 Å². The van der Waals surface area contributed by atoms with Gasteiger partial charge in [-0.25, -0.2) is 4.79 Å². The number of ether oxygens (including phenoxy) is 10. The van der Waals surface area contributed by atoms with Gasteiger partial charge >= 0.3 is 5.97 Å². The minimum Gasteiger partial charge on any atom is -0.493 e. The summed E-state index contributed by atoms with van der Waals surface area (Å²) in [5, 5.41) is 0. The monoisotopic (exact) mass is 634 g/mol. The fourth-order valence-electron chi connectivity index (χ4n) is 4.54. The van der Waals surface area contributed by atoms with Crippen molar-refractivity contribution in [1.29, 1.82) is 0 Å². The minimum atomic E-state index is -0.676. The van der Waals surface area contributed by atoms with Gasteiger partial charge < -0.3 is 47.4 Å². The number of esters is 1. The Hall–Kier alpha value is -5.55. The molecule has 0 spiro atoms. The van der Waals surface area contributed by atoms with Crippen LogP contribution in [0.25, 0.3) is 0 Å². The van der Waals surface area contributed by atoms with Gasteiger partial charge in [0, 0.05) is 11.1 Å². The smallest absolute Gasteiger partial charge is 0.340 e. The molecule has 0 N–H and O–H groups in total. The van der Waals surface area contributed by atoms with E-state index in [2.05, 4.69) is 23.7 Å². The first-order valence-corrected chi connectivity index (χ1v) is 14.0. The van der Waals surface area contributed by atoms with E-state index < -0.39 is 5.97 Å². The summed E-state index contributed by atoms with van der Waals surface area (Å²) in [6.45, 7) is 2.05. The molecule has 0 radical (unpaired) electrons. The average molecular weight is 635 g/mol. The molecular weight excluding hydrogens is 596 g/mol. The highest BCUT2D eigenvalue weighted by Crippen LogP contribution is 2.46. The van der Waals surface area contributed by atoms with Gasteiger partial charge in [0.15, 0.2) is 34.5 Å². The number of rotatable bonds is 12. The summed E-state index contributed by atoms with van der Waals surface area (Å²) in [6.07, 6.45) is 0.592. The molecule has 0 saturated heterocycles. The van der Waals surface area contributed by atoms with Crippen molar-refractivity contribution in [2.75, 3.05) is 70.6 Å². The highest BCUT2D eigenvalue weighted by Gasteiger charge is 2.30. The Kier molecular flexibility index (Phi) is 12.5. The van der Waals surface area contributed by atoms with E-state index in [9.17, 15) is 4.79 Å². The largest absolute Gasteiger partial charge is 0.493 e. The third kappa shape index (κ3) is 7.22. The molecule has 0 heterocycles. The summed E-state index contributed by atoms with van der Waals surface area (Å²) in [5.74, 6) is 14.6. The van der Waals surface area contributed by atoms with Crippen molar-refractivity contribution in [3.8, 4) is 75.4 Å². The van der Waals surface area contributed by atoms with Gasteiger partial charge in [-0.2, -0.15) is 0 Å². The lowest BCUT2D eigenvalue weighted by molar-refractivity contribution is 0.0503. The van der Waals surface area contributed by atoms with Crippen molar-refractivity contribution in [3.05, 3.63) is 52.1 Å². The van der Waals surface area contributed by atoms with Crippen LogP contribution in [0.4, 0.5) is 0 Å². The second kappa shape index (κ2) is 16.5. The predicted molar refractivity (Wildman–Crippen MR) is 171 cm³/mol. The fourth-order valence-corrected chi connectivity index (χ4v) is 4.54. The molecule has 244 valence electrons. The molecule has 3 aromatic carbocycles. The number of hydrogen-bond acceptors (Lipinski definition) is 11. The lowest BCUT2D eigenvalue weighted by Gasteiger charge is -2.19. The molecule has 11 heteroatoms.